The molecule has 3 rings (SSSR count). The molecule has 9 atom stereocenters. The van der Waals surface area contributed by atoms with E-state index < -0.39 is 64.1 Å². The maximum atomic E-state index is 14.5. The molecular formula is C50H79N5O10S. The number of rotatable bonds is 28. The van der Waals surface area contributed by atoms with Gasteiger partial charge in [0.25, 0.3) is 0 Å². The molecule has 4 amide bonds. The summed E-state index contributed by atoms with van der Waals surface area (Å²) in [5.41, 5.74) is 1.55. The van der Waals surface area contributed by atoms with Gasteiger partial charge in [-0.15, -0.1) is 0 Å². The number of sulfone groups is 1. The number of carbonyl (C=O) groups excluding carboxylic acids is 4. The summed E-state index contributed by atoms with van der Waals surface area (Å²) in [6, 6.07) is 15.2. The van der Waals surface area contributed by atoms with Crippen LogP contribution in [-0.4, -0.2) is 147 Å². The Morgan fingerprint density at radius 2 is 1.45 bits per heavy atom. The van der Waals surface area contributed by atoms with E-state index in [9.17, 15) is 32.4 Å². The number of likely N-dealkylation sites (N-methyl/N-ethyl adjacent to an activating group) is 2. The number of benzene rings is 2. The minimum absolute atomic E-state index is 0.0153. The van der Waals surface area contributed by atoms with Crippen LogP contribution in [0.25, 0.3) is 0 Å². The van der Waals surface area contributed by atoms with E-state index in [1.54, 1.807) is 55.1 Å². The zero-order valence-corrected chi connectivity index (χ0v) is 42.1. The number of amides is 4. The molecule has 1 saturated heterocycles. The number of hydrogen-bond acceptors (Lipinski definition) is 10. The highest BCUT2D eigenvalue weighted by Crippen LogP contribution is 2.30. The molecule has 1 aliphatic heterocycles. The van der Waals surface area contributed by atoms with Gasteiger partial charge in [-0.3, -0.25) is 28.9 Å². The number of aliphatic carboxylic acids is 1. The highest BCUT2D eigenvalue weighted by atomic mass is 32.2. The van der Waals surface area contributed by atoms with E-state index in [1.165, 1.54) is 14.2 Å². The van der Waals surface area contributed by atoms with Crippen LogP contribution in [0.1, 0.15) is 98.1 Å². The number of ether oxygens (including phenoxy) is 2. The number of carboxylic acids is 1. The van der Waals surface area contributed by atoms with E-state index in [4.69, 9.17) is 14.6 Å². The number of nitrogens with zero attached hydrogens (tertiary/aromatic N) is 3. The first-order valence-corrected chi connectivity index (χ1v) is 25.4. The van der Waals surface area contributed by atoms with Crippen molar-refractivity contribution in [2.24, 2.45) is 23.7 Å². The van der Waals surface area contributed by atoms with Gasteiger partial charge in [0.15, 0.2) is 9.84 Å². The molecule has 1 aliphatic rings. The summed E-state index contributed by atoms with van der Waals surface area (Å²) in [5, 5.41) is 15.2. The normalized spacial score (nSPS) is 18.0. The lowest BCUT2D eigenvalue weighted by atomic mass is 9.89. The summed E-state index contributed by atoms with van der Waals surface area (Å²) in [6.07, 6.45) is 1.16. The molecule has 66 heavy (non-hydrogen) atoms. The molecule has 1 fully saturated rings. The number of likely N-dealkylation sites (tertiary alicyclic amines) is 1. The van der Waals surface area contributed by atoms with E-state index in [2.05, 4.69) is 10.6 Å². The molecule has 0 aromatic heterocycles. The Kier molecular flexibility index (Phi) is 22.7. The highest BCUT2D eigenvalue weighted by molar-refractivity contribution is 7.90. The van der Waals surface area contributed by atoms with Gasteiger partial charge in [-0.05, 0) is 68.2 Å². The summed E-state index contributed by atoms with van der Waals surface area (Å²) in [5.74, 6) is -3.78. The number of methoxy groups -OCH3 is 2. The van der Waals surface area contributed by atoms with E-state index in [0.29, 0.717) is 50.8 Å². The van der Waals surface area contributed by atoms with Crippen LogP contribution < -0.4 is 10.6 Å². The van der Waals surface area contributed by atoms with Crippen molar-refractivity contribution in [2.45, 2.75) is 142 Å². The van der Waals surface area contributed by atoms with Crippen LogP contribution in [0.2, 0.25) is 0 Å². The van der Waals surface area contributed by atoms with Gasteiger partial charge in [-0.1, -0.05) is 116 Å². The predicted molar refractivity (Wildman–Crippen MR) is 257 cm³/mol. The zero-order valence-electron chi connectivity index (χ0n) is 41.3. The van der Waals surface area contributed by atoms with Crippen LogP contribution in [0.3, 0.4) is 0 Å². The van der Waals surface area contributed by atoms with Crippen LogP contribution in [0.4, 0.5) is 0 Å². The Morgan fingerprint density at radius 3 is 1.98 bits per heavy atom. The topological polar surface area (TPSA) is 192 Å². The summed E-state index contributed by atoms with van der Waals surface area (Å²) in [6.45, 7) is 14.2. The zero-order chi connectivity index (χ0) is 49.3. The number of hydrogen-bond donors (Lipinski definition) is 3. The maximum Gasteiger partial charge on any atom is 0.303 e. The molecular weight excluding hydrogens is 863 g/mol. The van der Waals surface area contributed by atoms with Crippen molar-refractivity contribution >= 4 is 39.4 Å². The van der Waals surface area contributed by atoms with Gasteiger partial charge >= 0.3 is 5.97 Å². The molecule has 370 valence electrons. The van der Waals surface area contributed by atoms with Gasteiger partial charge in [0.05, 0.1) is 54.2 Å². The smallest absolute Gasteiger partial charge is 0.303 e. The Hall–Kier alpha value is -4.38. The van der Waals surface area contributed by atoms with Gasteiger partial charge in [-0.2, -0.15) is 0 Å². The van der Waals surface area contributed by atoms with Crippen LogP contribution in [0.15, 0.2) is 60.7 Å². The molecule has 2 aromatic carbocycles. The van der Waals surface area contributed by atoms with Crippen molar-refractivity contribution in [3.8, 4) is 0 Å². The van der Waals surface area contributed by atoms with Crippen LogP contribution in [0.5, 0.6) is 0 Å². The maximum absolute atomic E-state index is 14.5. The second-order valence-corrected chi connectivity index (χ2v) is 21.0. The fourth-order valence-electron chi connectivity index (χ4n) is 9.48. The van der Waals surface area contributed by atoms with Crippen molar-refractivity contribution in [2.75, 3.05) is 47.2 Å². The van der Waals surface area contributed by atoms with E-state index in [1.807, 2.05) is 82.8 Å². The molecule has 0 bridgehead atoms. The quantitative estimate of drug-likeness (QED) is 0.102. The van der Waals surface area contributed by atoms with Crippen LogP contribution in [-0.2, 0) is 55.5 Å². The van der Waals surface area contributed by atoms with Crippen molar-refractivity contribution in [3.63, 3.8) is 0 Å². The van der Waals surface area contributed by atoms with Crippen molar-refractivity contribution in [1.82, 2.24) is 25.3 Å². The van der Waals surface area contributed by atoms with E-state index in [0.717, 1.165) is 5.56 Å². The second-order valence-electron chi connectivity index (χ2n) is 18.9. The standard InChI is InChI=1S/C50H79N5O10S/c1-12-35(6)46(54(9)50(61)44(33(2)3)52-49(60)45(34(4)5)53(8)27-20-26-43(57)58)41(64-10)30-42(56)55-28-19-25-40(55)47(65-11)36(7)48(59)51-39(29-37-21-15-13-16-22-37)32-66(62,63)31-38-23-17-14-18-24-38/h13-18,21-24,33-36,39-41,44-47H,12,19-20,25-32H2,1-11H3,(H,51,59)(H,52,60)(H,57,58)/t35?,36?,39?,40-,41?,44?,45?,46?,47?/m0/s1. The molecule has 16 heteroatoms. The Balaban J connectivity index is 1.80. The Morgan fingerprint density at radius 1 is 0.848 bits per heavy atom. The van der Waals surface area contributed by atoms with E-state index in [-0.39, 0.29) is 65.7 Å². The van der Waals surface area contributed by atoms with Crippen molar-refractivity contribution in [1.29, 1.82) is 0 Å². The first-order valence-electron chi connectivity index (χ1n) is 23.6. The molecule has 2 aromatic rings. The molecule has 1 heterocycles. The fraction of sp³-hybridized carbons (Fsp3) is 0.660. The Bertz CT molecular complexity index is 1950. The third-order valence-corrected chi connectivity index (χ3v) is 14.8. The van der Waals surface area contributed by atoms with E-state index >= 15 is 0 Å². The van der Waals surface area contributed by atoms with Crippen LogP contribution >= 0.6 is 0 Å². The SMILES string of the molecule is CCC(C)C(C(CC(=O)N1CCC[C@H]1C(OC)C(C)C(=O)NC(Cc1ccccc1)CS(=O)(=O)Cc1ccccc1)OC)N(C)C(=O)C(NC(=O)C(C(C)C)N(C)CCCC(=O)O)C(C)C. The average molecular weight is 942 g/mol. The monoisotopic (exact) mass is 942 g/mol. The van der Waals surface area contributed by atoms with Crippen molar-refractivity contribution < 1.29 is 47.0 Å². The van der Waals surface area contributed by atoms with Gasteiger partial charge in [0.2, 0.25) is 23.6 Å². The molecule has 15 nitrogen and oxygen atoms in total. The number of carbonyl (C=O) groups is 5. The first kappa shape index (κ1) is 55.9. The summed E-state index contributed by atoms with van der Waals surface area (Å²) in [7, 11) is 2.89. The summed E-state index contributed by atoms with van der Waals surface area (Å²) < 4.78 is 39.1. The molecule has 0 aliphatic carbocycles. The summed E-state index contributed by atoms with van der Waals surface area (Å²) in [4.78, 5) is 73.3. The van der Waals surface area contributed by atoms with Gasteiger partial charge < -0.3 is 35.0 Å². The molecule has 3 N–H and O–H groups in total. The lowest BCUT2D eigenvalue weighted by molar-refractivity contribution is -0.148. The third kappa shape index (κ3) is 16.4. The third-order valence-electron chi connectivity index (χ3n) is 13.1. The second kappa shape index (κ2) is 26.8. The fourth-order valence-corrected chi connectivity index (χ4v) is 11.1. The molecule has 0 saturated carbocycles. The lowest BCUT2D eigenvalue weighted by Crippen LogP contribution is -2.60. The molecule has 0 spiro atoms. The van der Waals surface area contributed by atoms with Crippen molar-refractivity contribution in [3.05, 3.63) is 71.8 Å². The minimum atomic E-state index is -3.63. The average Bonchev–Trinajstić information content (AvgIpc) is 3.74. The predicted octanol–water partition coefficient (Wildman–Crippen LogP) is 5.21. The molecule has 8 unspecified atom stereocenters. The highest BCUT2D eigenvalue weighted by Gasteiger charge is 2.43. The number of nitrogens with one attached hydrogen (secondary N) is 2. The van der Waals surface area contributed by atoms with Gasteiger partial charge in [-0.25, -0.2) is 8.42 Å². The Labute approximate surface area is 394 Å². The minimum Gasteiger partial charge on any atom is -0.481 e. The van der Waals surface area contributed by atoms with Gasteiger partial charge in [0, 0.05) is 40.3 Å². The summed E-state index contributed by atoms with van der Waals surface area (Å²) >= 11 is 0. The number of carboxylic acid groups (broad SMARTS) is 1. The largest absolute Gasteiger partial charge is 0.481 e. The first-order chi connectivity index (χ1) is 31.2. The van der Waals surface area contributed by atoms with Crippen LogP contribution in [0, 0.1) is 23.7 Å². The van der Waals surface area contributed by atoms with Gasteiger partial charge in [0.1, 0.15) is 6.04 Å². The molecule has 0 radical (unpaired) electrons. The lowest BCUT2D eigenvalue weighted by Gasteiger charge is -2.41.